The third-order valence-electron chi connectivity index (χ3n) is 4.28. The van der Waals surface area contributed by atoms with Gasteiger partial charge in [0.2, 0.25) is 0 Å². The van der Waals surface area contributed by atoms with Gasteiger partial charge in [0.05, 0.1) is 29.1 Å². The molecule has 4 N–H and O–H groups in total. The summed E-state index contributed by atoms with van der Waals surface area (Å²) < 4.78 is 5.28. The summed E-state index contributed by atoms with van der Waals surface area (Å²) in [6.07, 6.45) is 1.12. The minimum Gasteiger partial charge on any atom is -0.478 e. The molecule has 0 saturated carbocycles. The van der Waals surface area contributed by atoms with Crippen LogP contribution in [-0.4, -0.2) is 77.3 Å². The highest BCUT2D eigenvalue weighted by molar-refractivity contribution is 6.38. The van der Waals surface area contributed by atoms with Gasteiger partial charge in [-0.05, 0) is 12.1 Å². The van der Waals surface area contributed by atoms with Crippen LogP contribution >= 0.6 is 23.2 Å². The van der Waals surface area contributed by atoms with Crippen molar-refractivity contribution in [3.63, 3.8) is 0 Å². The Bertz CT molecular complexity index is 1060. The molecular weight excluding hydrogens is 465 g/mol. The third kappa shape index (κ3) is 7.97. The summed E-state index contributed by atoms with van der Waals surface area (Å²) in [4.78, 5) is 48.7. The van der Waals surface area contributed by atoms with Crippen LogP contribution in [0, 0.1) is 0 Å². The molecular formula is C20H21Cl2N3O7. The van der Waals surface area contributed by atoms with E-state index in [1.807, 2.05) is 0 Å². The highest BCUT2D eigenvalue weighted by atomic mass is 35.5. The maximum atomic E-state index is 12.3. The number of hydrogen-bond acceptors (Lipinski definition) is 6. The number of hydrogen-bond donors (Lipinski definition) is 4. The topological polar surface area (TPSA) is 149 Å². The SMILES string of the molecule is O=C(NCCN1CCOCC1)c1cc(=O)c2c(Cl)cc(Cl)cc2[nH]1.O=C(O)/C=C\C(=O)O. The second kappa shape index (κ2) is 12.2. The maximum absolute atomic E-state index is 12.3. The molecule has 0 radical (unpaired) electrons. The predicted octanol–water partition coefficient (Wildman–Crippen LogP) is 1.61. The monoisotopic (exact) mass is 485 g/mol. The molecule has 0 aliphatic carbocycles. The molecule has 1 amide bonds. The number of pyridine rings is 1. The number of morpholine rings is 1. The standard InChI is InChI=1S/C16H17Cl2N3O3.C4H4O4/c17-10-7-11(18)15-12(8-10)20-13(9-14(15)22)16(23)19-1-2-21-3-5-24-6-4-21;5-3(6)1-2-4(7)8/h7-9H,1-6H2,(H,19,23)(H,20,22);1-2H,(H,5,6)(H,7,8)/b;2-1-. The smallest absolute Gasteiger partial charge is 0.328 e. The van der Waals surface area contributed by atoms with Gasteiger partial charge in [0, 0.05) is 49.4 Å². The number of carboxylic acid groups (broad SMARTS) is 2. The van der Waals surface area contributed by atoms with Gasteiger partial charge in [-0.15, -0.1) is 0 Å². The van der Waals surface area contributed by atoms with Crippen molar-refractivity contribution in [3.8, 4) is 0 Å². The maximum Gasteiger partial charge on any atom is 0.328 e. The van der Waals surface area contributed by atoms with Crippen LogP contribution in [0.1, 0.15) is 10.5 Å². The normalized spacial score (nSPS) is 14.1. The second-order valence-electron chi connectivity index (χ2n) is 6.58. The van der Waals surface area contributed by atoms with Crippen LogP contribution < -0.4 is 10.7 Å². The lowest BCUT2D eigenvalue weighted by Crippen LogP contribution is -2.41. The van der Waals surface area contributed by atoms with E-state index in [4.69, 9.17) is 38.2 Å². The van der Waals surface area contributed by atoms with E-state index < -0.39 is 11.9 Å². The molecule has 1 aromatic heterocycles. The van der Waals surface area contributed by atoms with Crippen LogP contribution in [0.15, 0.2) is 35.1 Å². The molecule has 12 heteroatoms. The first kappa shape index (κ1) is 25.3. The molecule has 10 nitrogen and oxygen atoms in total. The number of benzene rings is 1. The molecule has 1 aliphatic heterocycles. The summed E-state index contributed by atoms with van der Waals surface area (Å²) in [5.74, 6) is -2.85. The predicted molar refractivity (Wildman–Crippen MR) is 119 cm³/mol. The van der Waals surface area contributed by atoms with E-state index in [9.17, 15) is 19.2 Å². The van der Waals surface area contributed by atoms with Crippen LogP contribution in [0.4, 0.5) is 0 Å². The Kier molecular flexibility index (Phi) is 9.66. The van der Waals surface area contributed by atoms with Gasteiger partial charge in [-0.25, -0.2) is 9.59 Å². The number of carboxylic acids is 2. The zero-order valence-electron chi connectivity index (χ0n) is 16.8. The Hall–Kier alpha value is -2.92. The van der Waals surface area contributed by atoms with Gasteiger partial charge in [-0.3, -0.25) is 14.5 Å². The fourth-order valence-electron chi connectivity index (χ4n) is 2.82. The van der Waals surface area contributed by atoms with Gasteiger partial charge in [-0.2, -0.15) is 0 Å². The molecule has 3 rings (SSSR count). The molecule has 0 unspecified atom stereocenters. The second-order valence-corrected chi connectivity index (χ2v) is 7.42. The van der Waals surface area contributed by atoms with E-state index in [0.29, 0.717) is 47.8 Å². The van der Waals surface area contributed by atoms with Crippen LogP contribution in [0.25, 0.3) is 10.9 Å². The largest absolute Gasteiger partial charge is 0.478 e. The van der Waals surface area contributed by atoms with E-state index in [1.165, 1.54) is 12.1 Å². The summed E-state index contributed by atoms with van der Waals surface area (Å²) >= 11 is 12.0. The molecule has 32 heavy (non-hydrogen) atoms. The average Bonchev–Trinajstić information content (AvgIpc) is 2.72. The number of aliphatic carboxylic acids is 2. The van der Waals surface area contributed by atoms with Crippen molar-refractivity contribution < 1.29 is 29.3 Å². The Labute approximate surface area is 192 Å². The van der Waals surface area contributed by atoms with E-state index in [-0.39, 0.29) is 22.1 Å². The molecule has 0 atom stereocenters. The molecule has 2 heterocycles. The number of rotatable bonds is 6. The summed E-state index contributed by atoms with van der Waals surface area (Å²) in [5, 5.41) is 19.4. The highest BCUT2D eigenvalue weighted by Gasteiger charge is 2.14. The minimum atomic E-state index is -1.26. The lowest BCUT2D eigenvalue weighted by molar-refractivity contribution is -0.134. The van der Waals surface area contributed by atoms with Crippen molar-refractivity contribution in [3.05, 3.63) is 56.3 Å². The number of amides is 1. The van der Waals surface area contributed by atoms with Gasteiger partial charge in [0.15, 0.2) is 5.43 Å². The Balaban J connectivity index is 0.000000390. The lowest BCUT2D eigenvalue weighted by atomic mass is 10.2. The number of ether oxygens (including phenoxy) is 1. The molecule has 0 bridgehead atoms. The van der Waals surface area contributed by atoms with Gasteiger partial charge in [-0.1, -0.05) is 23.2 Å². The van der Waals surface area contributed by atoms with Gasteiger partial charge in [0.1, 0.15) is 5.69 Å². The molecule has 1 fully saturated rings. The number of H-pyrrole nitrogens is 1. The first-order valence-electron chi connectivity index (χ1n) is 9.41. The van der Waals surface area contributed by atoms with Crippen molar-refractivity contribution in [1.29, 1.82) is 0 Å². The average molecular weight is 486 g/mol. The summed E-state index contributed by atoms with van der Waals surface area (Å²) in [6.45, 7) is 4.39. The highest BCUT2D eigenvalue weighted by Crippen LogP contribution is 2.24. The number of aromatic amines is 1. The van der Waals surface area contributed by atoms with Crippen LogP contribution in [0.3, 0.4) is 0 Å². The number of aromatic nitrogens is 1. The quantitative estimate of drug-likeness (QED) is 0.450. The summed E-state index contributed by atoms with van der Waals surface area (Å²) in [5.41, 5.74) is 0.315. The fourth-order valence-corrected chi connectivity index (χ4v) is 3.41. The molecule has 172 valence electrons. The van der Waals surface area contributed by atoms with Crippen LogP contribution in [0.2, 0.25) is 10.0 Å². The number of carbonyl (C=O) groups is 3. The minimum absolute atomic E-state index is 0.188. The number of halogens is 2. The first-order chi connectivity index (χ1) is 15.2. The van der Waals surface area contributed by atoms with E-state index in [2.05, 4.69) is 15.2 Å². The number of fused-ring (bicyclic) bond motifs is 1. The first-order valence-corrected chi connectivity index (χ1v) is 10.2. The van der Waals surface area contributed by atoms with Crippen molar-refractivity contribution in [2.24, 2.45) is 0 Å². The van der Waals surface area contributed by atoms with E-state index in [1.54, 1.807) is 6.07 Å². The summed E-state index contributed by atoms with van der Waals surface area (Å²) in [7, 11) is 0. The van der Waals surface area contributed by atoms with E-state index >= 15 is 0 Å². The fraction of sp³-hybridized carbons (Fsp3) is 0.300. The van der Waals surface area contributed by atoms with Gasteiger partial charge in [0.25, 0.3) is 5.91 Å². The molecule has 0 spiro atoms. The number of carbonyl (C=O) groups excluding carboxylic acids is 1. The van der Waals surface area contributed by atoms with E-state index in [0.717, 1.165) is 19.6 Å². The summed E-state index contributed by atoms with van der Waals surface area (Å²) in [6, 6.07) is 4.34. The Morgan fingerprint density at radius 3 is 2.31 bits per heavy atom. The van der Waals surface area contributed by atoms with Crippen LogP contribution in [-0.2, 0) is 14.3 Å². The molecule has 1 aromatic carbocycles. The zero-order chi connectivity index (χ0) is 23.7. The van der Waals surface area contributed by atoms with Crippen molar-refractivity contribution in [2.45, 2.75) is 0 Å². The number of nitrogens with one attached hydrogen (secondary N) is 2. The van der Waals surface area contributed by atoms with Crippen LogP contribution in [0.5, 0.6) is 0 Å². The Morgan fingerprint density at radius 1 is 1.09 bits per heavy atom. The number of nitrogens with zero attached hydrogens (tertiary/aromatic N) is 1. The zero-order valence-corrected chi connectivity index (χ0v) is 18.3. The Morgan fingerprint density at radius 2 is 1.72 bits per heavy atom. The lowest BCUT2D eigenvalue weighted by Gasteiger charge is -2.26. The molecule has 1 aliphatic rings. The van der Waals surface area contributed by atoms with Gasteiger partial charge >= 0.3 is 11.9 Å². The van der Waals surface area contributed by atoms with Crippen molar-refractivity contribution in [1.82, 2.24) is 15.2 Å². The van der Waals surface area contributed by atoms with Crippen molar-refractivity contribution in [2.75, 3.05) is 39.4 Å². The van der Waals surface area contributed by atoms with Gasteiger partial charge < -0.3 is 25.3 Å². The molecule has 1 saturated heterocycles. The molecule has 2 aromatic rings. The third-order valence-corrected chi connectivity index (χ3v) is 4.79. The van der Waals surface area contributed by atoms with Crippen molar-refractivity contribution >= 4 is 52.0 Å².